The number of aromatic nitrogens is 2. The molecule has 11 heteroatoms. The second kappa shape index (κ2) is 14.8. The Hall–Kier alpha value is -2.95. The lowest BCUT2D eigenvalue weighted by Gasteiger charge is -2.32. The molecule has 2 saturated heterocycles. The van der Waals surface area contributed by atoms with Crippen molar-refractivity contribution in [2.24, 2.45) is 0 Å². The van der Waals surface area contributed by atoms with Crippen LogP contribution in [0.25, 0.3) is 0 Å². The average Bonchev–Trinajstić information content (AvgIpc) is 2.94. The lowest BCUT2D eigenvalue weighted by molar-refractivity contribution is 0.0781. The van der Waals surface area contributed by atoms with Gasteiger partial charge in [-0.2, -0.15) is 4.98 Å². The second-order valence-corrected chi connectivity index (χ2v) is 11.4. The summed E-state index contributed by atoms with van der Waals surface area (Å²) >= 11 is 12.3. The predicted octanol–water partition coefficient (Wildman–Crippen LogP) is 4.43. The van der Waals surface area contributed by atoms with Crippen molar-refractivity contribution in [1.29, 1.82) is 0 Å². The van der Waals surface area contributed by atoms with Gasteiger partial charge in [-0.25, -0.2) is 4.98 Å². The molecule has 2 aliphatic rings. The van der Waals surface area contributed by atoms with Gasteiger partial charge in [0.1, 0.15) is 11.3 Å². The molecule has 41 heavy (non-hydrogen) atoms. The molecule has 220 valence electrons. The largest absolute Gasteiger partial charge is 0.438 e. The summed E-state index contributed by atoms with van der Waals surface area (Å²) in [5, 5.41) is 4.31. The zero-order chi connectivity index (χ0) is 29.4. The van der Waals surface area contributed by atoms with Crippen LogP contribution in [0.3, 0.4) is 0 Å². The molecule has 3 aromatic rings. The van der Waals surface area contributed by atoms with E-state index in [0.717, 1.165) is 50.4 Å². The molecule has 1 aromatic heterocycles. The first kappa shape index (κ1) is 31.0. The molecule has 0 unspecified atom stereocenters. The first-order valence-electron chi connectivity index (χ1n) is 13.8. The number of hydrogen-bond donors (Lipinski definition) is 1. The van der Waals surface area contributed by atoms with Gasteiger partial charge in [0.2, 0.25) is 11.8 Å². The van der Waals surface area contributed by atoms with E-state index in [9.17, 15) is 4.79 Å². The standard InChI is InChI=1S/C25H27Cl2N5O2.C5H12N2/c1-17-6-4-5-7-22(17)34-23-21(15-28-25(29-23)32-10-8-30(2)9-11-32)24(33)31(3)16-18-12-19(26)14-20(27)13-18;1-7-4-2-6-3-5-7/h4-7,12-15H,8-11,16H2,1-3H3;6H,2-5H2,1H3. The number of nitrogens with one attached hydrogen (secondary N) is 1. The minimum absolute atomic E-state index is 0.235. The first-order chi connectivity index (χ1) is 19.7. The Morgan fingerprint density at radius 3 is 2.22 bits per heavy atom. The number of halogens is 2. The van der Waals surface area contributed by atoms with Crippen molar-refractivity contribution in [3.63, 3.8) is 0 Å². The number of ether oxygens (including phenoxy) is 1. The van der Waals surface area contributed by atoms with E-state index in [1.165, 1.54) is 13.1 Å². The van der Waals surface area contributed by atoms with E-state index in [0.29, 0.717) is 28.3 Å². The number of para-hydroxylation sites is 1. The average molecular weight is 601 g/mol. The second-order valence-electron chi connectivity index (χ2n) is 10.5. The molecule has 0 saturated carbocycles. The minimum Gasteiger partial charge on any atom is -0.438 e. The first-order valence-corrected chi connectivity index (χ1v) is 14.6. The molecule has 9 nitrogen and oxygen atoms in total. The van der Waals surface area contributed by atoms with Crippen molar-refractivity contribution >= 4 is 35.1 Å². The number of rotatable bonds is 6. The number of piperazine rings is 2. The number of likely N-dealkylation sites (N-methyl/N-ethyl adjacent to an activating group) is 2. The molecule has 5 rings (SSSR count). The Morgan fingerprint density at radius 2 is 1.61 bits per heavy atom. The van der Waals surface area contributed by atoms with E-state index < -0.39 is 0 Å². The summed E-state index contributed by atoms with van der Waals surface area (Å²) in [7, 11) is 5.96. The number of anilines is 1. The Morgan fingerprint density at radius 1 is 0.976 bits per heavy atom. The third-order valence-electron chi connectivity index (χ3n) is 7.09. The number of carbonyl (C=O) groups excluding carboxylic acids is 1. The van der Waals surface area contributed by atoms with E-state index in [-0.39, 0.29) is 17.4 Å². The molecular formula is C30H39Cl2N7O2. The van der Waals surface area contributed by atoms with E-state index in [1.807, 2.05) is 31.2 Å². The van der Waals surface area contributed by atoms with Gasteiger partial charge in [0.15, 0.2) is 0 Å². The van der Waals surface area contributed by atoms with Crippen LogP contribution in [-0.4, -0.2) is 104 Å². The molecule has 1 amide bonds. The molecule has 2 aromatic carbocycles. The van der Waals surface area contributed by atoms with Crippen molar-refractivity contribution in [3.05, 3.63) is 75.4 Å². The Kier molecular flexibility index (Phi) is 11.2. The van der Waals surface area contributed by atoms with Gasteiger partial charge in [-0.3, -0.25) is 4.79 Å². The number of carbonyl (C=O) groups is 1. The van der Waals surface area contributed by atoms with Crippen LogP contribution in [0, 0.1) is 6.92 Å². The fourth-order valence-corrected chi connectivity index (χ4v) is 5.12. The third kappa shape index (κ3) is 9.02. The number of hydrogen-bond acceptors (Lipinski definition) is 8. The van der Waals surface area contributed by atoms with Crippen molar-refractivity contribution in [1.82, 2.24) is 30.0 Å². The Balaban J connectivity index is 0.000000483. The van der Waals surface area contributed by atoms with E-state index in [1.54, 1.807) is 36.3 Å². The van der Waals surface area contributed by atoms with E-state index in [2.05, 4.69) is 44.1 Å². The van der Waals surface area contributed by atoms with Gasteiger partial charge >= 0.3 is 0 Å². The number of aryl methyl sites for hydroxylation is 1. The highest BCUT2D eigenvalue weighted by Crippen LogP contribution is 2.29. The molecule has 0 radical (unpaired) electrons. The van der Waals surface area contributed by atoms with Crippen molar-refractivity contribution in [2.45, 2.75) is 13.5 Å². The molecule has 1 N–H and O–H groups in total. The number of amides is 1. The summed E-state index contributed by atoms with van der Waals surface area (Å²) in [5.41, 5.74) is 2.06. The van der Waals surface area contributed by atoms with Crippen LogP contribution in [-0.2, 0) is 6.54 Å². The van der Waals surface area contributed by atoms with Gasteiger partial charge in [0.05, 0.1) is 0 Å². The van der Waals surface area contributed by atoms with E-state index in [4.69, 9.17) is 27.9 Å². The smallest absolute Gasteiger partial charge is 0.260 e. The molecule has 0 aliphatic carbocycles. The number of benzene rings is 2. The van der Waals surface area contributed by atoms with Crippen LogP contribution in [0.2, 0.25) is 10.0 Å². The third-order valence-corrected chi connectivity index (χ3v) is 7.52. The summed E-state index contributed by atoms with van der Waals surface area (Å²) in [6, 6.07) is 12.9. The van der Waals surface area contributed by atoms with Gasteiger partial charge in [-0.05, 0) is 56.4 Å². The number of nitrogens with zero attached hydrogens (tertiary/aromatic N) is 6. The van der Waals surface area contributed by atoms with Gasteiger partial charge in [-0.1, -0.05) is 41.4 Å². The molecule has 3 heterocycles. The maximum absolute atomic E-state index is 13.4. The molecule has 0 atom stereocenters. The summed E-state index contributed by atoms with van der Waals surface area (Å²) in [6.45, 7) is 10.5. The molecule has 0 bridgehead atoms. The molecule has 0 spiro atoms. The maximum Gasteiger partial charge on any atom is 0.260 e. The van der Waals surface area contributed by atoms with Crippen molar-refractivity contribution in [2.75, 3.05) is 78.4 Å². The van der Waals surface area contributed by atoms with Gasteiger partial charge in [-0.15, -0.1) is 0 Å². The normalized spacial score (nSPS) is 16.1. The van der Waals surface area contributed by atoms with Gasteiger partial charge in [0.25, 0.3) is 5.91 Å². The van der Waals surface area contributed by atoms with Gasteiger partial charge < -0.3 is 29.7 Å². The SMILES string of the molecule is CN1CCNCC1.Cc1ccccc1Oc1nc(N2CCN(C)CC2)ncc1C(=O)N(C)Cc1cc(Cl)cc(Cl)c1. The summed E-state index contributed by atoms with van der Waals surface area (Å²) in [5.74, 6) is 1.17. The summed E-state index contributed by atoms with van der Waals surface area (Å²) < 4.78 is 6.17. The molecule has 2 fully saturated rings. The predicted molar refractivity (Wildman–Crippen MR) is 166 cm³/mol. The summed E-state index contributed by atoms with van der Waals surface area (Å²) in [4.78, 5) is 30.9. The highest BCUT2D eigenvalue weighted by molar-refractivity contribution is 6.34. The monoisotopic (exact) mass is 599 g/mol. The van der Waals surface area contributed by atoms with Crippen LogP contribution in [0.15, 0.2) is 48.7 Å². The zero-order valence-electron chi connectivity index (χ0n) is 24.2. The van der Waals surface area contributed by atoms with Crippen molar-refractivity contribution in [3.8, 4) is 11.6 Å². The van der Waals surface area contributed by atoms with Crippen LogP contribution in [0.4, 0.5) is 5.95 Å². The van der Waals surface area contributed by atoms with Crippen LogP contribution in [0.5, 0.6) is 11.6 Å². The lowest BCUT2D eigenvalue weighted by Crippen LogP contribution is -2.45. The fourth-order valence-electron chi connectivity index (χ4n) is 4.55. The topological polar surface area (TPSA) is 77.1 Å². The molecule has 2 aliphatic heterocycles. The highest BCUT2D eigenvalue weighted by Gasteiger charge is 2.24. The highest BCUT2D eigenvalue weighted by atomic mass is 35.5. The van der Waals surface area contributed by atoms with Crippen LogP contribution < -0.4 is 15.0 Å². The van der Waals surface area contributed by atoms with E-state index >= 15 is 0 Å². The lowest BCUT2D eigenvalue weighted by atomic mass is 10.2. The molecular weight excluding hydrogens is 561 g/mol. The fraction of sp³-hybridized carbons (Fsp3) is 0.433. The maximum atomic E-state index is 13.4. The summed E-state index contributed by atoms with van der Waals surface area (Å²) in [6.07, 6.45) is 1.55. The van der Waals surface area contributed by atoms with Crippen LogP contribution in [0.1, 0.15) is 21.5 Å². The Bertz CT molecular complexity index is 1290. The quantitative estimate of drug-likeness (QED) is 0.446. The Labute approximate surface area is 253 Å². The van der Waals surface area contributed by atoms with Crippen LogP contribution >= 0.6 is 23.2 Å². The minimum atomic E-state index is -0.260. The van der Waals surface area contributed by atoms with Gasteiger partial charge in [0, 0.05) is 82.2 Å². The zero-order valence-corrected chi connectivity index (χ0v) is 25.8. The van der Waals surface area contributed by atoms with Crippen molar-refractivity contribution < 1.29 is 9.53 Å².